The molecule has 8 heteroatoms. The predicted molar refractivity (Wildman–Crippen MR) is 103 cm³/mol. The van der Waals surface area contributed by atoms with Gasteiger partial charge in [-0.3, -0.25) is 9.52 Å². The molecule has 0 saturated carbocycles. The van der Waals surface area contributed by atoms with Crippen LogP contribution >= 0.6 is 12.4 Å². The van der Waals surface area contributed by atoms with Crippen molar-refractivity contribution in [2.75, 3.05) is 16.3 Å². The number of rotatable bonds is 5. The largest absolute Gasteiger partial charge is 0.324 e. The number of amides is 1. The van der Waals surface area contributed by atoms with Crippen molar-refractivity contribution in [3.05, 3.63) is 23.8 Å². The van der Waals surface area contributed by atoms with Gasteiger partial charge in [-0.1, -0.05) is 6.07 Å². The molecule has 6 nitrogen and oxygen atoms in total. The van der Waals surface area contributed by atoms with Gasteiger partial charge in [0.2, 0.25) is 15.9 Å². The van der Waals surface area contributed by atoms with Crippen LogP contribution in [-0.2, 0) is 14.8 Å². The zero-order valence-corrected chi connectivity index (χ0v) is 16.2. The second-order valence-corrected chi connectivity index (χ2v) is 8.90. The fourth-order valence-corrected chi connectivity index (χ4v) is 4.43. The van der Waals surface area contributed by atoms with Gasteiger partial charge in [-0.25, -0.2) is 8.42 Å². The summed E-state index contributed by atoms with van der Waals surface area (Å²) in [5.41, 5.74) is 1.88. The van der Waals surface area contributed by atoms with Crippen LogP contribution in [0, 0.1) is 12.8 Å². The maximum Gasteiger partial charge on any atom is 0.229 e. The minimum absolute atomic E-state index is 0. The van der Waals surface area contributed by atoms with Crippen molar-refractivity contribution in [3.8, 4) is 0 Å². The minimum atomic E-state index is -3.39. The second kappa shape index (κ2) is 7.93. The lowest BCUT2D eigenvalue weighted by molar-refractivity contribution is -0.117. The fourth-order valence-electron chi connectivity index (χ4n) is 3.86. The van der Waals surface area contributed by atoms with E-state index in [0.717, 1.165) is 24.7 Å². The fraction of sp³-hybridized carbons (Fsp3) is 0.588. The number of fused-ring (bicyclic) bond motifs is 2. The highest BCUT2D eigenvalue weighted by atomic mass is 35.5. The van der Waals surface area contributed by atoms with Crippen LogP contribution in [0.2, 0.25) is 0 Å². The highest BCUT2D eigenvalue weighted by Gasteiger charge is 2.34. The number of halogens is 1. The summed E-state index contributed by atoms with van der Waals surface area (Å²) in [5.74, 6) is 0.350. The highest BCUT2D eigenvalue weighted by Crippen LogP contribution is 2.33. The third-order valence-corrected chi connectivity index (χ3v) is 5.38. The average molecular weight is 388 g/mol. The SMILES string of the molecule is Cc1ccc(NS(C)(=O)=O)c(NC(=O)CC2CC3CCC(C2)N3)c1.Cl. The third-order valence-electron chi connectivity index (χ3n) is 4.79. The van der Waals surface area contributed by atoms with Gasteiger partial charge in [0.15, 0.2) is 0 Å². The molecular weight excluding hydrogens is 362 g/mol. The van der Waals surface area contributed by atoms with E-state index in [-0.39, 0.29) is 18.3 Å². The van der Waals surface area contributed by atoms with Crippen molar-refractivity contribution >= 4 is 39.7 Å². The predicted octanol–water partition coefficient (Wildman–Crippen LogP) is 2.65. The number of hydrogen-bond donors (Lipinski definition) is 3. The maximum atomic E-state index is 12.4. The Bertz CT molecular complexity index is 727. The van der Waals surface area contributed by atoms with Crippen molar-refractivity contribution in [1.29, 1.82) is 0 Å². The second-order valence-electron chi connectivity index (χ2n) is 7.15. The Balaban J connectivity index is 0.00000225. The Labute approximate surface area is 155 Å². The number of sulfonamides is 1. The first-order valence-electron chi connectivity index (χ1n) is 8.43. The Kier molecular flexibility index (Phi) is 6.35. The molecule has 3 rings (SSSR count). The number of benzene rings is 1. The van der Waals surface area contributed by atoms with Gasteiger partial charge in [0.25, 0.3) is 0 Å². The van der Waals surface area contributed by atoms with Crippen LogP contribution in [0.25, 0.3) is 0 Å². The molecule has 2 bridgehead atoms. The Morgan fingerprint density at radius 2 is 1.84 bits per heavy atom. The number of carbonyl (C=O) groups excluding carboxylic acids is 1. The van der Waals surface area contributed by atoms with E-state index in [1.807, 2.05) is 13.0 Å². The van der Waals surface area contributed by atoms with Crippen molar-refractivity contribution in [3.63, 3.8) is 0 Å². The standard InChI is InChI=1S/C17H25N3O3S.ClH/c1-11-3-6-15(20-24(2,22)23)16(7-11)19-17(21)10-12-8-13-4-5-14(9-12)18-13;/h3,6-7,12-14,18,20H,4-5,8-10H2,1-2H3,(H,19,21);1H. The summed E-state index contributed by atoms with van der Waals surface area (Å²) in [4.78, 5) is 12.4. The lowest BCUT2D eigenvalue weighted by Gasteiger charge is -2.28. The first kappa shape index (κ1) is 20.0. The van der Waals surface area contributed by atoms with Gasteiger partial charge < -0.3 is 10.6 Å². The summed E-state index contributed by atoms with van der Waals surface area (Å²) < 4.78 is 25.4. The molecule has 0 aromatic heterocycles. The quantitative estimate of drug-likeness (QED) is 0.724. The van der Waals surface area contributed by atoms with Gasteiger partial charge in [-0.15, -0.1) is 12.4 Å². The van der Waals surface area contributed by atoms with Gasteiger partial charge in [0.05, 0.1) is 17.6 Å². The molecule has 2 unspecified atom stereocenters. The molecule has 2 heterocycles. The van der Waals surface area contributed by atoms with Crippen molar-refractivity contribution < 1.29 is 13.2 Å². The van der Waals surface area contributed by atoms with E-state index in [1.54, 1.807) is 12.1 Å². The van der Waals surface area contributed by atoms with Crippen LogP contribution in [0.3, 0.4) is 0 Å². The molecule has 25 heavy (non-hydrogen) atoms. The maximum absolute atomic E-state index is 12.4. The van der Waals surface area contributed by atoms with Crippen LogP contribution < -0.4 is 15.4 Å². The minimum Gasteiger partial charge on any atom is -0.324 e. The van der Waals surface area contributed by atoms with E-state index in [4.69, 9.17) is 0 Å². The average Bonchev–Trinajstić information content (AvgIpc) is 2.79. The van der Waals surface area contributed by atoms with E-state index in [9.17, 15) is 13.2 Å². The van der Waals surface area contributed by atoms with Crippen LogP contribution in [-0.4, -0.2) is 32.7 Å². The smallest absolute Gasteiger partial charge is 0.229 e. The van der Waals surface area contributed by atoms with Crippen LogP contribution in [0.1, 0.15) is 37.7 Å². The van der Waals surface area contributed by atoms with E-state index in [0.29, 0.717) is 35.8 Å². The molecule has 3 N–H and O–H groups in total. The summed E-state index contributed by atoms with van der Waals surface area (Å²) >= 11 is 0. The first-order chi connectivity index (χ1) is 11.3. The van der Waals surface area contributed by atoms with E-state index in [2.05, 4.69) is 15.4 Å². The molecule has 1 aromatic carbocycles. The lowest BCUT2D eigenvalue weighted by atomic mass is 9.89. The number of hydrogen-bond acceptors (Lipinski definition) is 4. The number of carbonyl (C=O) groups is 1. The van der Waals surface area contributed by atoms with Crippen molar-refractivity contribution in [2.45, 2.75) is 51.1 Å². The first-order valence-corrected chi connectivity index (χ1v) is 10.3. The summed E-state index contributed by atoms with van der Waals surface area (Å²) in [6.07, 6.45) is 6.11. The molecule has 1 aromatic rings. The summed E-state index contributed by atoms with van der Waals surface area (Å²) in [6, 6.07) is 6.40. The molecule has 1 amide bonds. The van der Waals surface area contributed by atoms with Crippen molar-refractivity contribution in [2.24, 2.45) is 5.92 Å². The van der Waals surface area contributed by atoms with E-state index >= 15 is 0 Å². The van der Waals surface area contributed by atoms with Gasteiger partial charge >= 0.3 is 0 Å². The van der Waals surface area contributed by atoms with Crippen LogP contribution in [0.4, 0.5) is 11.4 Å². The topological polar surface area (TPSA) is 87.3 Å². The molecule has 2 aliphatic heterocycles. The number of anilines is 2. The zero-order chi connectivity index (χ0) is 17.3. The normalized spacial score (nSPS) is 25.1. The Morgan fingerprint density at radius 3 is 2.44 bits per heavy atom. The molecule has 2 aliphatic rings. The van der Waals surface area contributed by atoms with Gasteiger partial charge in [-0.05, 0) is 56.2 Å². The monoisotopic (exact) mass is 387 g/mol. The van der Waals surface area contributed by atoms with Gasteiger partial charge in [0.1, 0.15) is 0 Å². The third kappa shape index (κ3) is 5.59. The molecule has 0 spiro atoms. The number of piperidine rings is 1. The van der Waals surface area contributed by atoms with Crippen LogP contribution in [0.5, 0.6) is 0 Å². The van der Waals surface area contributed by atoms with E-state index < -0.39 is 10.0 Å². The zero-order valence-electron chi connectivity index (χ0n) is 14.5. The molecule has 0 aliphatic carbocycles. The molecule has 0 radical (unpaired) electrons. The lowest BCUT2D eigenvalue weighted by Crippen LogP contribution is -2.39. The molecule has 2 atom stereocenters. The summed E-state index contributed by atoms with van der Waals surface area (Å²) in [7, 11) is -3.39. The Morgan fingerprint density at radius 1 is 1.20 bits per heavy atom. The number of nitrogens with one attached hydrogen (secondary N) is 3. The highest BCUT2D eigenvalue weighted by molar-refractivity contribution is 7.92. The summed E-state index contributed by atoms with van der Waals surface area (Å²) in [6.45, 7) is 1.91. The van der Waals surface area contributed by atoms with Gasteiger partial charge in [-0.2, -0.15) is 0 Å². The van der Waals surface area contributed by atoms with Gasteiger partial charge in [0, 0.05) is 18.5 Å². The van der Waals surface area contributed by atoms with Crippen LogP contribution in [0.15, 0.2) is 18.2 Å². The molecule has 2 fully saturated rings. The Hall–Kier alpha value is -1.31. The summed E-state index contributed by atoms with van der Waals surface area (Å²) in [5, 5.41) is 6.46. The molecular formula is C17H26ClN3O3S. The molecule has 140 valence electrons. The van der Waals surface area contributed by atoms with E-state index in [1.165, 1.54) is 12.8 Å². The molecule has 2 saturated heterocycles. The number of aryl methyl sites for hydroxylation is 1. The van der Waals surface area contributed by atoms with Crippen molar-refractivity contribution in [1.82, 2.24) is 5.32 Å².